The molecule has 0 aromatic heterocycles. The molecule has 0 aliphatic rings. The van der Waals surface area contributed by atoms with Gasteiger partial charge in [0, 0.05) is 5.56 Å². The van der Waals surface area contributed by atoms with Crippen LogP contribution in [0.3, 0.4) is 0 Å². The first-order chi connectivity index (χ1) is 6.24. The minimum absolute atomic E-state index is 0.415. The van der Waals surface area contributed by atoms with Crippen molar-refractivity contribution in [1.82, 2.24) is 0 Å². The second-order valence-electron chi connectivity index (χ2n) is 2.68. The van der Waals surface area contributed by atoms with Crippen molar-refractivity contribution in [3.05, 3.63) is 35.4 Å². The SMILES string of the molecule is NOCCc1ccc(C(N)=O)cc1. The fourth-order valence-corrected chi connectivity index (χ4v) is 1.01. The van der Waals surface area contributed by atoms with Gasteiger partial charge >= 0.3 is 0 Å². The van der Waals surface area contributed by atoms with Gasteiger partial charge in [0.1, 0.15) is 0 Å². The quantitative estimate of drug-likeness (QED) is 0.650. The molecule has 0 fully saturated rings. The second kappa shape index (κ2) is 4.59. The van der Waals surface area contributed by atoms with Gasteiger partial charge in [0.2, 0.25) is 5.91 Å². The summed E-state index contributed by atoms with van der Waals surface area (Å²) >= 11 is 0. The number of rotatable bonds is 4. The molecular formula is C9H12N2O2. The molecule has 1 rings (SSSR count). The highest BCUT2D eigenvalue weighted by atomic mass is 16.6. The van der Waals surface area contributed by atoms with E-state index < -0.39 is 5.91 Å². The van der Waals surface area contributed by atoms with Crippen LogP contribution in [0.1, 0.15) is 15.9 Å². The van der Waals surface area contributed by atoms with E-state index in [1.807, 2.05) is 12.1 Å². The smallest absolute Gasteiger partial charge is 0.248 e. The number of hydrogen-bond acceptors (Lipinski definition) is 3. The van der Waals surface area contributed by atoms with Crippen LogP contribution >= 0.6 is 0 Å². The van der Waals surface area contributed by atoms with Gasteiger partial charge in [0.05, 0.1) is 6.61 Å². The van der Waals surface area contributed by atoms with Gasteiger partial charge in [-0.05, 0) is 24.1 Å². The Morgan fingerprint density at radius 1 is 1.31 bits per heavy atom. The largest absolute Gasteiger partial charge is 0.366 e. The van der Waals surface area contributed by atoms with Gasteiger partial charge in [-0.1, -0.05) is 12.1 Å². The molecule has 4 N–H and O–H groups in total. The summed E-state index contributed by atoms with van der Waals surface area (Å²) in [5.74, 6) is 4.47. The summed E-state index contributed by atoms with van der Waals surface area (Å²) in [6, 6.07) is 7.04. The average Bonchev–Trinajstić information content (AvgIpc) is 2.15. The molecule has 1 aromatic rings. The topological polar surface area (TPSA) is 78.3 Å². The van der Waals surface area contributed by atoms with Crippen molar-refractivity contribution in [2.75, 3.05) is 6.61 Å². The Morgan fingerprint density at radius 3 is 2.38 bits per heavy atom. The fraction of sp³-hybridized carbons (Fsp3) is 0.222. The molecule has 0 saturated heterocycles. The molecule has 13 heavy (non-hydrogen) atoms. The first-order valence-electron chi connectivity index (χ1n) is 3.94. The summed E-state index contributed by atoms with van der Waals surface area (Å²) in [6.07, 6.45) is 0.732. The number of carbonyl (C=O) groups excluding carboxylic acids is 1. The highest BCUT2D eigenvalue weighted by Crippen LogP contribution is 2.04. The van der Waals surface area contributed by atoms with Crippen LogP contribution in [0.5, 0.6) is 0 Å². The van der Waals surface area contributed by atoms with Gasteiger partial charge in [0.15, 0.2) is 0 Å². The van der Waals surface area contributed by atoms with Crippen LogP contribution in [0.4, 0.5) is 0 Å². The zero-order chi connectivity index (χ0) is 9.68. The van der Waals surface area contributed by atoms with E-state index in [9.17, 15) is 4.79 Å². The molecule has 0 atom stereocenters. The third kappa shape index (κ3) is 2.85. The van der Waals surface area contributed by atoms with Gasteiger partial charge in [-0.2, -0.15) is 0 Å². The molecule has 0 unspecified atom stereocenters. The lowest BCUT2D eigenvalue weighted by Gasteiger charge is -2.00. The Bertz CT molecular complexity index is 282. The number of hydrogen-bond donors (Lipinski definition) is 2. The lowest BCUT2D eigenvalue weighted by atomic mass is 10.1. The van der Waals surface area contributed by atoms with Crippen molar-refractivity contribution < 1.29 is 9.63 Å². The van der Waals surface area contributed by atoms with E-state index in [4.69, 9.17) is 11.6 Å². The Hall–Kier alpha value is -1.39. The third-order valence-electron chi connectivity index (χ3n) is 1.75. The molecule has 0 aliphatic carbocycles. The monoisotopic (exact) mass is 180 g/mol. The first kappa shape index (κ1) is 9.70. The number of nitrogens with two attached hydrogens (primary N) is 2. The zero-order valence-corrected chi connectivity index (χ0v) is 7.19. The minimum atomic E-state index is -0.415. The summed E-state index contributed by atoms with van der Waals surface area (Å²) in [6.45, 7) is 0.468. The van der Waals surface area contributed by atoms with E-state index in [2.05, 4.69) is 4.84 Å². The van der Waals surface area contributed by atoms with Crippen LogP contribution in [-0.4, -0.2) is 12.5 Å². The molecule has 0 aliphatic heterocycles. The van der Waals surface area contributed by atoms with E-state index in [1.165, 1.54) is 0 Å². The molecule has 70 valence electrons. The standard InChI is InChI=1S/C9H12N2O2/c10-9(12)8-3-1-7(2-4-8)5-6-13-11/h1-4H,5-6,11H2,(H2,10,12). The maximum Gasteiger partial charge on any atom is 0.248 e. The number of benzene rings is 1. The lowest BCUT2D eigenvalue weighted by Crippen LogP contribution is -2.10. The first-order valence-corrected chi connectivity index (χ1v) is 3.94. The van der Waals surface area contributed by atoms with Crippen LogP contribution in [0.15, 0.2) is 24.3 Å². The van der Waals surface area contributed by atoms with Gasteiger partial charge in [-0.3, -0.25) is 4.79 Å². The maximum absolute atomic E-state index is 10.7. The Kier molecular flexibility index (Phi) is 3.42. The van der Waals surface area contributed by atoms with Gasteiger partial charge < -0.3 is 10.6 Å². The lowest BCUT2D eigenvalue weighted by molar-refractivity contribution is 0.100. The van der Waals surface area contributed by atoms with Gasteiger partial charge in [-0.25, -0.2) is 5.90 Å². The Morgan fingerprint density at radius 2 is 1.92 bits per heavy atom. The summed E-state index contributed by atoms with van der Waals surface area (Å²) in [5.41, 5.74) is 6.66. The predicted molar refractivity (Wildman–Crippen MR) is 48.8 cm³/mol. The Labute approximate surface area is 76.4 Å². The van der Waals surface area contributed by atoms with Crippen molar-refractivity contribution in [3.63, 3.8) is 0 Å². The summed E-state index contributed by atoms with van der Waals surface area (Å²) in [7, 11) is 0. The molecular weight excluding hydrogens is 168 g/mol. The van der Waals surface area contributed by atoms with Crippen molar-refractivity contribution in [1.29, 1.82) is 0 Å². The molecule has 4 heteroatoms. The van der Waals surface area contributed by atoms with Crippen LogP contribution < -0.4 is 11.6 Å². The van der Waals surface area contributed by atoms with Crippen LogP contribution in [0, 0.1) is 0 Å². The normalized spacial score (nSPS) is 9.92. The fourth-order valence-electron chi connectivity index (χ4n) is 1.01. The minimum Gasteiger partial charge on any atom is -0.366 e. The van der Waals surface area contributed by atoms with Crippen molar-refractivity contribution in [2.45, 2.75) is 6.42 Å². The molecule has 1 aromatic carbocycles. The van der Waals surface area contributed by atoms with Crippen molar-refractivity contribution in [2.24, 2.45) is 11.6 Å². The highest BCUT2D eigenvalue weighted by molar-refractivity contribution is 5.92. The highest BCUT2D eigenvalue weighted by Gasteiger charge is 1.98. The molecule has 0 heterocycles. The predicted octanol–water partition coefficient (Wildman–Crippen LogP) is 0.218. The second-order valence-corrected chi connectivity index (χ2v) is 2.68. The van der Waals surface area contributed by atoms with Gasteiger partial charge in [0.25, 0.3) is 0 Å². The molecule has 1 amide bonds. The van der Waals surface area contributed by atoms with Crippen molar-refractivity contribution in [3.8, 4) is 0 Å². The van der Waals surface area contributed by atoms with Gasteiger partial charge in [-0.15, -0.1) is 0 Å². The zero-order valence-electron chi connectivity index (χ0n) is 7.19. The average molecular weight is 180 g/mol. The van der Waals surface area contributed by atoms with E-state index in [-0.39, 0.29) is 0 Å². The van der Waals surface area contributed by atoms with Crippen molar-refractivity contribution >= 4 is 5.91 Å². The number of amides is 1. The summed E-state index contributed by atoms with van der Waals surface area (Å²) in [5, 5.41) is 0. The van der Waals surface area contributed by atoms with Crippen LogP contribution in [-0.2, 0) is 11.3 Å². The summed E-state index contributed by atoms with van der Waals surface area (Å²) < 4.78 is 0. The Balaban J connectivity index is 2.64. The van der Waals surface area contributed by atoms with Crippen LogP contribution in [0.2, 0.25) is 0 Å². The third-order valence-corrected chi connectivity index (χ3v) is 1.75. The number of carbonyl (C=O) groups is 1. The van der Waals surface area contributed by atoms with E-state index in [0.717, 1.165) is 12.0 Å². The van der Waals surface area contributed by atoms with E-state index in [1.54, 1.807) is 12.1 Å². The molecule has 0 saturated carbocycles. The molecule has 0 radical (unpaired) electrons. The number of primary amides is 1. The van der Waals surface area contributed by atoms with Crippen LogP contribution in [0.25, 0.3) is 0 Å². The molecule has 4 nitrogen and oxygen atoms in total. The van der Waals surface area contributed by atoms with E-state index in [0.29, 0.717) is 12.2 Å². The molecule has 0 bridgehead atoms. The summed E-state index contributed by atoms with van der Waals surface area (Å²) in [4.78, 5) is 15.1. The maximum atomic E-state index is 10.7. The van der Waals surface area contributed by atoms with E-state index >= 15 is 0 Å². The molecule has 0 spiro atoms.